The van der Waals surface area contributed by atoms with Crippen molar-refractivity contribution in [3.05, 3.63) is 23.8 Å². The molecule has 4 aliphatic rings. The maximum atomic E-state index is 11.8. The largest absolute Gasteiger partial charge is 0.462 e. The lowest BCUT2D eigenvalue weighted by Crippen LogP contribution is -2.58. The van der Waals surface area contributed by atoms with E-state index < -0.39 is 5.60 Å². The molecule has 4 aliphatic carbocycles. The molecule has 0 aromatic rings. The van der Waals surface area contributed by atoms with Gasteiger partial charge in [0.1, 0.15) is 6.10 Å². The highest BCUT2D eigenvalue weighted by Gasteiger charge is 2.65. The van der Waals surface area contributed by atoms with Crippen LogP contribution in [-0.4, -0.2) is 22.8 Å². The van der Waals surface area contributed by atoms with Crippen LogP contribution < -0.4 is 0 Å². The van der Waals surface area contributed by atoms with E-state index in [2.05, 4.69) is 54.2 Å². The van der Waals surface area contributed by atoms with Crippen molar-refractivity contribution in [3.8, 4) is 0 Å². The Hall–Kier alpha value is -1.09. The van der Waals surface area contributed by atoms with Crippen molar-refractivity contribution < 1.29 is 14.6 Å². The molecule has 0 aliphatic heterocycles. The molecule has 0 unspecified atom stereocenters. The van der Waals surface area contributed by atoms with Gasteiger partial charge in [-0.3, -0.25) is 4.79 Å². The summed E-state index contributed by atoms with van der Waals surface area (Å²) in [7, 11) is 0. The van der Waals surface area contributed by atoms with Crippen LogP contribution in [0.15, 0.2) is 23.8 Å². The lowest BCUT2D eigenvalue weighted by Gasteiger charge is -2.64. The maximum Gasteiger partial charge on any atom is 0.302 e. The molecule has 3 fully saturated rings. The van der Waals surface area contributed by atoms with Gasteiger partial charge in [0.15, 0.2) is 0 Å². The second kappa shape index (κ2) is 8.99. The summed E-state index contributed by atoms with van der Waals surface area (Å²) in [6.07, 6.45) is 13.0. The number of esters is 1. The predicted molar refractivity (Wildman–Crippen MR) is 148 cm³/mol. The van der Waals surface area contributed by atoms with Crippen molar-refractivity contribution in [3.63, 3.8) is 0 Å². The summed E-state index contributed by atoms with van der Waals surface area (Å²) in [5.74, 6) is 2.38. The van der Waals surface area contributed by atoms with Crippen molar-refractivity contribution >= 4 is 5.97 Å². The zero-order valence-corrected chi connectivity index (χ0v) is 24.8. The van der Waals surface area contributed by atoms with Crippen LogP contribution in [0.5, 0.6) is 0 Å². The summed E-state index contributed by atoms with van der Waals surface area (Å²) in [4.78, 5) is 11.8. The molecule has 0 radical (unpaired) electrons. The minimum absolute atomic E-state index is 0.000903. The van der Waals surface area contributed by atoms with E-state index in [0.717, 1.165) is 31.3 Å². The molecule has 3 saturated carbocycles. The summed E-state index contributed by atoms with van der Waals surface area (Å²) < 4.78 is 5.86. The predicted octanol–water partition coefficient (Wildman–Crippen LogP) is 8.27. The van der Waals surface area contributed by atoms with E-state index in [1.54, 1.807) is 12.5 Å². The molecule has 204 valence electrons. The zero-order valence-electron chi connectivity index (χ0n) is 24.8. The van der Waals surface area contributed by atoms with Crippen molar-refractivity contribution in [2.75, 3.05) is 0 Å². The van der Waals surface area contributed by atoms with Gasteiger partial charge in [-0.2, -0.15) is 0 Å². The number of aliphatic hydroxyl groups is 1. The van der Waals surface area contributed by atoms with Gasteiger partial charge >= 0.3 is 5.97 Å². The minimum atomic E-state index is -0.762. The number of hydrogen-bond donors (Lipinski definition) is 1. The number of carbonyl (C=O) groups is 1. The van der Waals surface area contributed by atoms with Crippen LogP contribution in [0.4, 0.5) is 0 Å². The lowest BCUT2D eigenvalue weighted by atomic mass is 9.41. The van der Waals surface area contributed by atoms with Crippen molar-refractivity contribution in [1.29, 1.82) is 0 Å². The summed E-state index contributed by atoms with van der Waals surface area (Å²) in [6.45, 7) is 24.4. The fraction of sp³-hybridized carbons (Fsp3) is 0.848. The van der Waals surface area contributed by atoms with Gasteiger partial charge in [-0.1, -0.05) is 59.8 Å². The van der Waals surface area contributed by atoms with Gasteiger partial charge in [0, 0.05) is 12.3 Å². The Labute approximate surface area is 221 Å². The first kappa shape index (κ1) is 27.9. The zero-order chi connectivity index (χ0) is 26.9. The smallest absolute Gasteiger partial charge is 0.302 e. The third-order valence-electron chi connectivity index (χ3n) is 12.8. The average Bonchev–Trinajstić information content (AvgIpc) is 3.05. The Balaban J connectivity index is 1.59. The Morgan fingerprint density at radius 1 is 1.11 bits per heavy atom. The molecule has 0 bridgehead atoms. The number of allylic oxidation sites excluding steroid dienone is 2. The summed E-state index contributed by atoms with van der Waals surface area (Å²) in [5, 5.41) is 10.8. The standard InChI is InChI=1S/C33H54O3/c1-21(2)33(10,35)20-13-22(3)24-14-18-32(9)26-11-12-27-29(5,6)28(36-23(4)34)16-17-30(27,7)25(26)15-19-31(24,32)8/h15,22,24,26-28,35H,1,11-14,16-20H2,2-10H3/t22-,24-,26-,27+,28-,30-,31-,32+,33-/m1/s1. The topological polar surface area (TPSA) is 46.5 Å². The van der Waals surface area contributed by atoms with Crippen LogP contribution in [0.25, 0.3) is 0 Å². The molecule has 0 amide bonds. The minimum Gasteiger partial charge on any atom is -0.462 e. The number of ether oxygens (including phenoxy) is 1. The second-order valence-electron chi connectivity index (χ2n) is 15.0. The fourth-order valence-electron chi connectivity index (χ4n) is 9.99. The highest BCUT2D eigenvalue weighted by molar-refractivity contribution is 5.66. The molecule has 9 atom stereocenters. The molecule has 3 heteroatoms. The third kappa shape index (κ3) is 4.05. The van der Waals surface area contributed by atoms with Crippen molar-refractivity contribution in [2.45, 2.75) is 132 Å². The molecule has 0 heterocycles. The normalized spacial score (nSPS) is 43.8. The fourth-order valence-corrected chi connectivity index (χ4v) is 9.99. The third-order valence-corrected chi connectivity index (χ3v) is 12.8. The Kier molecular flexibility index (Phi) is 6.98. The summed E-state index contributed by atoms with van der Waals surface area (Å²) >= 11 is 0. The van der Waals surface area contributed by atoms with E-state index in [9.17, 15) is 9.90 Å². The Morgan fingerprint density at radius 3 is 2.39 bits per heavy atom. The highest BCUT2D eigenvalue weighted by Crippen LogP contribution is 2.73. The Bertz CT molecular complexity index is 927. The lowest BCUT2D eigenvalue weighted by molar-refractivity contribution is -0.170. The molecule has 36 heavy (non-hydrogen) atoms. The monoisotopic (exact) mass is 498 g/mol. The molecule has 0 spiro atoms. The number of fused-ring (bicyclic) bond motifs is 5. The molecule has 4 rings (SSSR count). The van der Waals surface area contributed by atoms with Crippen molar-refractivity contribution in [1.82, 2.24) is 0 Å². The van der Waals surface area contributed by atoms with Crippen LogP contribution in [-0.2, 0) is 9.53 Å². The Morgan fingerprint density at radius 2 is 1.78 bits per heavy atom. The molecule has 0 aromatic carbocycles. The van der Waals surface area contributed by atoms with Gasteiger partial charge in [0.25, 0.3) is 0 Å². The van der Waals surface area contributed by atoms with Gasteiger partial charge in [-0.05, 0) is 117 Å². The SMILES string of the molecule is C=C(C)[C@](C)(O)CC[C@@H](C)[C@H]1CC[C@@]2(C)[C@@H]3CC[C@H]4C(C)(C)[C@H](OC(C)=O)CC[C@]4(C)C3=CC[C@]12C. The molecule has 0 aromatic heterocycles. The quantitative estimate of drug-likeness (QED) is 0.296. The van der Waals surface area contributed by atoms with Crippen LogP contribution >= 0.6 is 0 Å². The molecular weight excluding hydrogens is 444 g/mol. The molecule has 3 nitrogen and oxygen atoms in total. The van der Waals surface area contributed by atoms with E-state index >= 15 is 0 Å². The van der Waals surface area contributed by atoms with Crippen LogP contribution in [0.2, 0.25) is 0 Å². The van der Waals surface area contributed by atoms with Gasteiger partial charge in [0.05, 0.1) is 5.60 Å². The van der Waals surface area contributed by atoms with Crippen molar-refractivity contribution in [2.24, 2.45) is 45.3 Å². The van der Waals surface area contributed by atoms with E-state index in [1.165, 1.54) is 32.1 Å². The summed E-state index contributed by atoms with van der Waals surface area (Å²) in [5.41, 5.74) is 2.70. The first-order valence-corrected chi connectivity index (χ1v) is 14.8. The van der Waals surface area contributed by atoms with Gasteiger partial charge < -0.3 is 9.84 Å². The number of carbonyl (C=O) groups excluding carboxylic acids is 1. The van der Waals surface area contributed by atoms with E-state index in [1.807, 2.05) is 13.8 Å². The molecular formula is C33H54O3. The van der Waals surface area contributed by atoms with E-state index in [0.29, 0.717) is 34.5 Å². The van der Waals surface area contributed by atoms with E-state index in [-0.39, 0.29) is 22.9 Å². The maximum absolute atomic E-state index is 11.8. The average molecular weight is 499 g/mol. The first-order chi connectivity index (χ1) is 16.5. The summed E-state index contributed by atoms with van der Waals surface area (Å²) in [6, 6.07) is 0. The van der Waals surface area contributed by atoms with Crippen LogP contribution in [0, 0.1) is 45.3 Å². The first-order valence-electron chi connectivity index (χ1n) is 14.8. The number of rotatable bonds is 6. The van der Waals surface area contributed by atoms with Gasteiger partial charge in [-0.15, -0.1) is 0 Å². The molecule has 1 N–H and O–H groups in total. The van der Waals surface area contributed by atoms with Gasteiger partial charge in [0.2, 0.25) is 0 Å². The van der Waals surface area contributed by atoms with E-state index in [4.69, 9.17) is 4.74 Å². The second-order valence-corrected chi connectivity index (χ2v) is 15.0. The van der Waals surface area contributed by atoms with Crippen LogP contribution in [0.3, 0.4) is 0 Å². The number of hydrogen-bond acceptors (Lipinski definition) is 3. The molecule has 0 saturated heterocycles. The van der Waals surface area contributed by atoms with Gasteiger partial charge in [-0.25, -0.2) is 0 Å². The highest BCUT2D eigenvalue weighted by atomic mass is 16.5. The van der Waals surface area contributed by atoms with Crippen LogP contribution in [0.1, 0.15) is 120 Å².